The molecule has 0 spiro atoms. The van der Waals surface area contributed by atoms with E-state index < -0.39 is 8.07 Å². The van der Waals surface area contributed by atoms with Gasteiger partial charge >= 0.3 is 0 Å². The summed E-state index contributed by atoms with van der Waals surface area (Å²) in [5, 5.41) is 20.3. The van der Waals surface area contributed by atoms with Crippen LogP contribution in [0.15, 0.2) is 283 Å². The Hall–Kier alpha value is -9.74. The molecule has 0 bridgehead atoms. The van der Waals surface area contributed by atoms with Crippen molar-refractivity contribution in [2.24, 2.45) is 0 Å². The number of benzene rings is 13. The van der Waals surface area contributed by atoms with Crippen molar-refractivity contribution in [3.63, 3.8) is 0 Å². The second-order valence-electron chi connectivity index (χ2n) is 20.3. The van der Waals surface area contributed by atoms with Crippen LogP contribution in [-0.4, -0.2) is 17.2 Å². The van der Waals surface area contributed by atoms with Crippen LogP contribution in [0.5, 0.6) is 0 Å². The van der Waals surface area contributed by atoms with E-state index in [1.165, 1.54) is 108 Å². The van der Waals surface area contributed by atoms with Gasteiger partial charge in [0.05, 0.1) is 22.1 Å². The predicted octanol–water partition coefficient (Wildman–Crippen LogP) is 16.3. The van der Waals surface area contributed by atoms with Crippen LogP contribution in [0.2, 0.25) is 0 Å². The van der Waals surface area contributed by atoms with Crippen molar-refractivity contribution in [2.45, 2.75) is 0 Å². The molecule has 4 heteroatoms. The van der Waals surface area contributed by atoms with E-state index in [1.54, 1.807) is 0 Å². The highest BCUT2D eigenvalue weighted by atomic mass is 28.3. The molecule has 0 fully saturated rings. The molecule has 0 atom stereocenters. The second kappa shape index (κ2) is 16.6. The fraction of sp³-hybridized carbons (Fsp3) is 0. The molecular weight excluding hydrogens is 937 g/mol. The van der Waals surface area contributed by atoms with Crippen molar-refractivity contribution in [3.8, 4) is 22.5 Å². The van der Waals surface area contributed by atoms with Gasteiger partial charge in [-0.25, -0.2) is 0 Å². The van der Waals surface area contributed by atoms with Crippen LogP contribution >= 0.6 is 0 Å². The van der Waals surface area contributed by atoms with E-state index in [4.69, 9.17) is 4.42 Å². The molecule has 76 heavy (non-hydrogen) atoms. The number of furan rings is 1. The van der Waals surface area contributed by atoms with Crippen LogP contribution < -0.4 is 20.7 Å². The largest absolute Gasteiger partial charge is 0.456 e. The molecule has 0 amide bonds. The van der Waals surface area contributed by atoms with Gasteiger partial charge in [0.25, 0.3) is 0 Å². The van der Waals surface area contributed by atoms with Gasteiger partial charge in [0.15, 0.2) is 8.07 Å². The average Bonchev–Trinajstić information content (AvgIpc) is 4.27. The molecule has 0 aliphatic carbocycles. The first-order valence-electron chi connectivity index (χ1n) is 26.2. The minimum absolute atomic E-state index is 0.907. The smallest absolute Gasteiger partial charge is 0.179 e. The number of rotatable bonds is 7. The molecule has 13 aromatic carbocycles. The normalized spacial score (nSPS) is 12.2. The van der Waals surface area contributed by atoms with E-state index in [2.05, 4.69) is 276 Å². The lowest BCUT2D eigenvalue weighted by Crippen LogP contribution is -2.74. The molecule has 0 saturated heterocycles. The highest BCUT2D eigenvalue weighted by Crippen LogP contribution is 2.44. The Balaban J connectivity index is 0.932. The fourth-order valence-corrected chi connectivity index (χ4v) is 17.9. The van der Waals surface area contributed by atoms with Gasteiger partial charge in [-0.1, -0.05) is 218 Å². The van der Waals surface area contributed by atoms with Crippen LogP contribution in [0.1, 0.15) is 0 Å². The third kappa shape index (κ3) is 6.16. The zero-order valence-electron chi connectivity index (χ0n) is 41.4. The topological polar surface area (TPSA) is 23.0 Å². The second-order valence-corrected chi connectivity index (χ2v) is 24.1. The predicted molar refractivity (Wildman–Crippen MR) is 324 cm³/mol. The molecular formula is C72H46N2OSi. The van der Waals surface area contributed by atoms with E-state index in [-0.39, 0.29) is 0 Å². The van der Waals surface area contributed by atoms with Crippen molar-refractivity contribution < 1.29 is 4.42 Å². The number of nitrogens with zero attached hydrogens (tertiary/aromatic N) is 2. The molecule has 0 N–H and O–H groups in total. The summed E-state index contributed by atoms with van der Waals surface area (Å²) in [6.07, 6.45) is 0. The Bertz CT molecular complexity index is 4840. The van der Waals surface area contributed by atoms with Crippen LogP contribution in [0.25, 0.3) is 120 Å². The summed E-state index contributed by atoms with van der Waals surface area (Å²) in [6.45, 7) is 0. The van der Waals surface area contributed by atoms with Gasteiger partial charge in [-0.15, -0.1) is 0 Å². The van der Waals surface area contributed by atoms with Crippen molar-refractivity contribution in [3.05, 3.63) is 279 Å². The Morgan fingerprint density at radius 1 is 0.237 bits per heavy atom. The molecule has 3 nitrogen and oxygen atoms in total. The first kappa shape index (κ1) is 42.7. The fourth-order valence-electron chi connectivity index (χ4n) is 13.2. The van der Waals surface area contributed by atoms with Gasteiger partial charge in [0, 0.05) is 49.1 Å². The van der Waals surface area contributed by atoms with E-state index >= 15 is 0 Å². The minimum atomic E-state index is -2.93. The first-order valence-corrected chi connectivity index (χ1v) is 28.2. The van der Waals surface area contributed by atoms with Gasteiger partial charge in [-0.2, -0.15) is 0 Å². The summed E-state index contributed by atoms with van der Waals surface area (Å²) in [5.41, 5.74) is 11.2. The van der Waals surface area contributed by atoms with Crippen molar-refractivity contribution in [1.82, 2.24) is 9.13 Å². The monoisotopic (exact) mass is 982 g/mol. The van der Waals surface area contributed by atoms with E-state index in [1.807, 2.05) is 12.1 Å². The zero-order chi connectivity index (χ0) is 49.9. The number of para-hydroxylation sites is 3. The quantitative estimate of drug-likeness (QED) is 0.0886. The minimum Gasteiger partial charge on any atom is -0.456 e. The van der Waals surface area contributed by atoms with Crippen molar-refractivity contribution in [1.29, 1.82) is 0 Å². The van der Waals surface area contributed by atoms with Gasteiger partial charge in [-0.05, 0) is 119 Å². The summed E-state index contributed by atoms with van der Waals surface area (Å²) >= 11 is 0. The molecule has 16 aromatic rings. The number of aromatic nitrogens is 2. The third-order valence-electron chi connectivity index (χ3n) is 16.5. The molecule has 0 unspecified atom stereocenters. The number of hydrogen-bond acceptors (Lipinski definition) is 1. The Morgan fingerprint density at radius 2 is 0.684 bits per heavy atom. The van der Waals surface area contributed by atoms with E-state index in [9.17, 15) is 0 Å². The molecule has 354 valence electrons. The molecule has 0 aliphatic heterocycles. The Kier molecular flexibility index (Phi) is 9.36. The van der Waals surface area contributed by atoms with Crippen molar-refractivity contribution in [2.75, 3.05) is 0 Å². The zero-order valence-corrected chi connectivity index (χ0v) is 42.4. The lowest BCUT2D eigenvalue weighted by atomic mass is 9.92. The van der Waals surface area contributed by atoms with Crippen LogP contribution in [-0.2, 0) is 0 Å². The van der Waals surface area contributed by atoms with Gasteiger partial charge < -0.3 is 13.6 Å². The molecule has 3 heterocycles. The molecule has 0 radical (unpaired) electrons. The lowest BCUT2D eigenvalue weighted by molar-refractivity contribution is 0.669. The lowest BCUT2D eigenvalue weighted by Gasteiger charge is -2.34. The number of fused-ring (bicyclic) bond motifs is 16. The van der Waals surface area contributed by atoms with Crippen LogP contribution in [0.4, 0.5) is 0 Å². The first-order chi connectivity index (χ1) is 37.7. The van der Waals surface area contributed by atoms with Gasteiger partial charge in [-0.3, -0.25) is 0 Å². The molecule has 0 aliphatic rings. The van der Waals surface area contributed by atoms with Crippen LogP contribution in [0, 0.1) is 0 Å². The maximum Gasteiger partial charge on any atom is 0.179 e. The summed E-state index contributed by atoms with van der Waals surface area (Å²) in [6, 6.07) is 104. The summed E-state index contributed by atoms with van der Waals surface area (Å²) in [7, 11) is -2.93. The summed E-state index contributed by atoms with van der Waals surface area (Å²) in [5.74, 6) is 0. The highest BCUT2D eigenvalue weighted by molar-refractivity contribution is 7.19. The maximum absolute atomic E-state index is 6.23. The Labute approximate surface area is 439 Å². The molecule has 0 saturated carbocycles. The van der Waals surface area contributed by atoms with Gasteiger partial charge in [0.1, 0.15) is 11.2 Å². The summed E-state index contributed by atoms with van der Waals surface area (Å²) in [4.78, 5) is 0. The third-order valence-corrected chi connectivity index (χ3v) is 21.3. The molecule has 16 rings (SSSR count). The van der Waals surface area contributed by atoms with Crippen LogP contribution in [0.3, 0.4) is 0 Å². The average molecular weight is 983 g/mol. The highest BCUT2D eigenvalue weighted by Gasteiger charge is 2.41. The van der Waals surface area contributed by atoms with Gasteiger partial charge in [0.2, 0.25) is 0 Å². The van der Waals surface area contributed by atoms with E-state index in [0.29, 0.717) is 0 Å². The maximum atomic E-state index is 6.23. The SMILES string of the molecule is c1ccc([Si](c2ccccc2)(c2ccc(-c3ccc4oc5ccccc5c4c3)cc2)c2ccc(-n3c4cc(-n5c6ccccc6c6ccccc65)ccc4c4c5c6ccccc6c6ccccc6c5ccc43)cc2)cc1. The number of hydrogen-bond donors (Lipinski definition) is 0. The summed E-state index contributed by atoms with van der Waals surface area (Å²) < 4.78 is 11.2. The molecule has 3 aromatic heterocycles. The standard InChI is InChI=1S/C72H46N2OSi/c1-3-17-51(18-4-1)76(52-19-5-2-6-20-52,53-37-31-47(32-38-53)48-33-44-70-64(45-48)60-26-13-16-30-69(60)75-70)54-39-34-49(35-40-54)73-67-43-42-62-57-23-8-7-21-55(57)56-22-9-10-27-61(56)71(62)72(67)63-41-36-50(46-68(63)73)74-65-28-14-11-24-58(65)59-25-12-15-29-66(59)74/h1-46H. The van der Waals surface area contributed by atoms with Crippen molar-refractivity contribution >= 4 is 127 Å². The Morgan fingerprint density at radius 3 is 1.33 bits per heavy atom. The van der Waals surface area contributed by atoms with E-state index in [0.717, 1.165) is 33.3 Å².